The highest BCUT2D eigenvalue weighted by molar-refractivity contribution is 6.60. The van der Waals surface area contributed by atoms with Crippen molar-refractivity contribution in [1.82, 2.24) is 4.48 Å². The zero-order valence-electron chi connectivity index (χ0n) is 24.1. The second-order valence-electron chi connectivity index (χ2n) is 10.4. The quantitative estimate of drug-likeness (QED) is 0.193. The number of aldehydes is 1. The van der Waals surface area contributed by atoms with Crippen LogP contribution in [0.15, 0.2) is 65.4 Å². The number of esters is 1. The second kappa shape index (κ2) is 10.1. The lowest BCUT2D eigenvalue weighted by atomic mass is 9.81. The maximum Gasteiger partial charge on any atom is 0.758 e. The van der Waals surface area contributed by atoms with Crippen molar-refractivity contribution >= 4 is 30.4 Å². The summed E-state index contributed by atoms with van der Waals surface area (Å²) in [5.74, 6) is -0.0730. The molecule has 3 aromatic rings. The van der Waals surface area contributed by atoms with Crippen LogP contribution in [0.3, 0.4) is 0 Å². The third kappa shape index (κ3) is 3.88. The van der Waals surface area contributed by atoms with E-state index in [0.29, 0.717) is 16.9 Å². The zero-order chi connectivity index (χ0) is 28.9. The van der Waals surface area contributed by atoms with E-state index in [4.69, 9.17) is 9.39 Å². The van der Waals surface area contributed by atoms with E-state index in [9.17, 15) is 9.59 Å². The third-order valence-electron chi connectivity index (χ3n) is 8.41. The molecule has 1 atom stereocenters. The van der Waals surface area contributed by atoms with Crippen LogP contribution in [0.1, 0.15) is 82.9 Å². The number of benzene rings is 2. The first kappa shape index (κ1) is 27.4. The molecule has 2 aliphatic rings. The number of hydrogen-bond acceptors (Lipinski definition) is 4. The highest BCUT2D eigenvalue weighted by Crippen LogP contribution is 2.47. The van der Waals surface area contributed by atoms with Crippen molar-refractivity contribution in [3.8, 4) is 5.75 Å². The monoisotopic (exact) mass is 540 g/mol. The van der Waals surface area contributed by atoms with Crippen LogP contribution in [0.25, 0.3) is 5.57 Å². The molecule has 0 bridgehead atoms. The molecule has 2 aromatic carbocycles. The fraction of sp³-hybridized carbons (Fsp3) is 0.281. The zero-order valence-corrected chi connectivity index (χ0v) is 24.1. The molecule has 40 heavy (non-hydrogen) atoms. The number of hydrogen-bond donors (Lipinski definition) is 0. The van der Waals surface area contributed by atoms with Crippen molar-refractivity contribution in [3.63, 3.8) is 0 Å². The van der Waals surface area contributed by atoms with Crippen LogP contribution in [0.2, 0.25) is 0 Å². The fourth-order valence-corrected chi connectivity index (χ4v) is 6.57. The van der Waals surface area contributed by atoms with Crippen molar-refractivity contribution in [2.75, 3.05) is 7.11 Å². The topological polar surface area (TPSA) is 60.5 Å². The van der Waals surface area contributed by atoms with E-state index in [1.54, 1.807) is 45.4 Å². The Bertz CT molecular complexity index is 1650. The van der Waals surface area contributed by atoms with Crippen molar-refractivity contribution in [2.45, 2.75) is 54.4 Å². The summed E-state index contributed by atoms with van der Waals surface area (Å²) in [6, 6.07) is 13.8. The van der Waals surface area contributed by atoms with Gasteiger partial charge >= 0.3 is 12.9 Å². The molecule has 5 rings (SSSR count). The van der Waals surface area contributed by atoms with Crippen LogP contribution in [0.4, 0.5) is 4.32 Å². The van der Waals surface area contributed by atoms with Crippen molar-refractivity contribution < 1.29 is 27.8 Å². The maximum absolute atomic E-state index is 18.1. The standard InChI is InChI=1S/C32H34BFN2O4/c1-8-27-19(3)30-29(24-12-14-25(15-13-24)32(38)39-7)31-20(4)28(9-2)22(6)36(31)33(34,35(30)21(27)5)40-26-16-10-23(18-37)11-17-26/h10-18H,8-9H2,1-7H3. The van der Waals surface area contributed by atoms with E-state index in [1.807, 2.05) is 39.8 Å². The Kier molecular flexibility index (Phi) is 6.90. The van der Waals surface area contributed by atoms with E-state index in [2.05, 4.69) is 13.8 Å². The average Bonchev–Trinajstić information content (AvgIpc) is 3.37. The Morgan fingerprint density at radius 1 is 1.00 bits per heavy atom. The number of methoxy groups -OCH3 is 1. The van der Waals surface area contributed by atoms with E-state index in [0.717, 1.165) is 75.3 Å². The average molecular weight is 540 g/mol. The summed E-state index contributed by atoms with van der Waals surface area (Å²) in [6.07, 6.45) is 2.22. The SMILES string of the molecule is CCC1=C(C)C2=C(c3ccc(C(=O)OC)cc3)c3c(C)c(CC)c(C)n3[B-](F)(Oc3ccc(C=O)cc3)[N+]2=C1C. The summed E-state index contributed by atoms with van der Waals surface area (Å²) in [7, 11) is 1.36. The lowest BCUT2D eigenvalue weighted by Gasteiger charge is -2.39. The Hall–Kier alpha value is -4.20. The van der Waals surface area contributed by atoms with Crippen LogP contribution in [-0.2, 0) is 11.2 Å². The molecule has 3 heterocycles. The molecule has 0 radical (unpaired) electrons. The number of allylic oxidation sites excluding steroid dienone is 2. The van der Waals surface area contributed by atoms with Gasteiger partial charge in [0, 0.05) is 29.3 Å². The minimum atomic E-state index is -3.33. The van der Waals surface area contributed by atoms with Crippen LogP contribution in [0, 0.1) is 13.8 Å². The summed E-state index contributed by atoms with van der Waals surface area (Å²) in [6.45, 7) is 8.79. The first-order valence-electron chi connectivity index (χ1n) is 13.7. The summed E-state index contributed by atoms with van der Waals surface area (Å²) in [5.41, 5.74) is 9.98. The first-order chi connectivity index (χ1) is 19.1. The van der Waals surface area contributed by atoms with Gasteiger partial charge in [-0.05, 0) is 92.4 Å². The fourth-order valence-electron chi connectivity index (χ4n) is 6.57. The van der Waals surface area contributed by atoms with Gasteiger partial charge in [0.05, 0.1) is 24.0 Å². The molecule has 2 aliphatic heterocycles. The number of fused-ring (bicyclic) bond motifs is 2. The maximum atomic E-state index is 18.1. The van der Waals surface area contributed by atoms with Gasteiger partial charge in [0.2, 0.25) is 0 Å². The van der Waals surface area contributed by atoms with Crippen LogP contribution < -0.4 is 4.65 Å². The van der Waals surface area contributed by atoms with Crippen molar-refractivity contribution in [2.24, 2.45) is 0 Å². The number of halogens is 1. The highest BCUT2D eigenvalue weighted by atomic mass is 19.1. The molecule has 0 amide bonds. The largest absolute Gasteiger partial charge is 0.758 e. The van der Waals surface area contributed by atoms with Gasteiger partial charge in [-0.2, -0.15) is 0 Å². The van der Waals surface area contributed by atoms with E-state index in [1.165, 1.54) is 7.11 Å². The number of carbonyl (C=O) groups is 2. The third-order valence-corrected chi connectivity index (χ3v) is 8.41. The molecule has 8 heteroatoms. The van der Waals surface area contributed by atoms with Gasteiger partial charge in [0.1, 0.15) is 12.0 Å². The molecule has 1 unspecified atom stereocenters. The van der Waals surface area contributed by atoms with E-state index < -0.39 is 12.9 Å². The molecule has 0 N–H and O–H groups in total. The molecule has 206 valence electrons. The Morgan fingerprint density at radius 2 is 1.65 bits per heavy atom. The van der Waals surface area contributed by atoms with Gasteiger partial charge in [-0.25, -0.2) is 4.79 Å². The van der Waals surface area contributed by atoms with E-state index >= 15 is 4.32 Å². The molecule has 0 fully saturated rings. The minimum absolute atomic E-state index is 0.337. The van der Waals surface area contributed by atoms with Gasteiger partial charge in [-0.15, -0.1) is 0 Å². The van der Waals surface area contributed by atoms with Crippen molar-refractivity contribution in [3.05, 3.63) is 105 Å². The van der Waals surface area contributed by atoms with Crippen molar-refractivity contribution in [1.29, 1.82) is 0 Å². The normalized spacial score (nSPS) is 18.2. The Labute approximate surface area is 234 Å². The molecular weight excluding hydrogens is 506 g/mol. The van der Waals surface area contributed by atoms with Crippen LogP contribution in [-0.4, -0.2) is 40.9 Å². The van der Waals surface area contributed by atoms with E-state index in [-0.39, 0.29) is 0 Å². The molecule has 0 aliphatic carbocycles. The summed E-state index contributed by atoms with van der Waals surface area (Å²) >= 11 is 0. The van der Waals surface area contributed by atoms with Gasteiger partial charge in [0.25, 0.3) is 0 Å². The summed E-state index contributed by atoms with van der Waals surface area (Å²) in [4.78, 5) is 23.4. The number of carbonyl (C=O) groups excluding carboxylic acids is 2. The summed E-state index contributed by atoms with van der Waals surface area (Å²) < 4.78 is 32.9. The predicted octanol–water partition coefficient (Wildman–Crippen LogP) is 6.59. The number of aromatic nitrogens is 1. The molecule has 0 saturated carbocycles. The van der Waals surface area contributed by atoms with Gasteiger partial charge in [-0.1, -0.05) is 26.0 Å². The van der Waals surface area contributed by atoms with Crippen LogP contribution in [0.5, 0.6) is 5.75 Å². The molecule has 6 nitrogen and oxygen atoms in total. The Balaban J connectivity index is 1.86. The molecule has 0 saturated heterocycles. The number of nitrogens with zero attached hydrogens (tertiary/aromatic N) is 2. The minimum Gasteiger partial charge on any atom is -0.609 e. The molecule has 0 spiro atoms. The lowest BCUT2D eigenvalue weighted by molar-refractivity contribution is -0.368. The van der Waals surface area contributed by atoms with Gasteiger partial charge < -0.3 is 22.7 Å². The lowest BCUT2D eigenvalue weighted by Crippen LogP contribution is -2.59. The highest BCUT2D eigenvalue weighted by Gasteiger charge is 2.59. The Morgan fingerprint density at radius 3 is 2.20 bits per heavy atom. The predicted molar refractivity (Wildman–Crippen MR) is 156 cm³/mol. The number of ether oxygens (including phenoxy) is 1. The second-order valence-corrected chi connectivity index (χ2v) is 10.4. The summed E-state index contributed by atoms with van der Waals surface area (Å²) in [5, 5.41) is 0. The first-order valence-corrected chi connectivity index (χ1v) is 13.7. The van der Waals surface area contributed by atoms with Gasteiger partial charge in [-0.3, -0.25) is 4.79 Å². The number of rotatable bonds is 7. The molecular formula is C32H34BFN2O4. The van der Waals surface area contributed by atoms with Crippen LogP contribution >= 0.6 is 0 Å². The smallest absolute Gasteiger partial charge is 0.609 e. The molecule has 1 aromatic heterocycles. The van der Waals surface area contributed by atoms with Gasteiger partial charge in [0.15, 0.2) is 5.70 Å².